The Kier molecular flexibility index (Phi) is 5.27. The van der Waals surface area contributed by atoms with Crippen molar-refractivity contribution in [2.24, 2.45) is 0 Å². The molecule has 0 unspecified atom stereocenters. The van der Waals surface area contributed by atoms with Crippen LogP contribution in [0.5, 0.6) is 0 Å². The van der Waals surface area contributed by atoms with E-state index >= 15 is 0 Å². The molecule has 116 valence electrons. The van der Waals surface area contributed by atoms with Gasteiger partial charge in [-0.15, -0.1) is 0 Å². The van der Waals surface area contributed by atoms with Gasteiger partial charge in [0.1, 0.15) is 0 Å². The summed E-state index contributed by atoms with van der Waals surface area (Å²) in [6, 6.07) is 8.71. The van der Waals surface area contributed by atoms with Crippen molar-refractivity contribution in [2.75, 3.05) is 11.9 Å². The number of hydrogen-bond donors (Lipinski definition) is 2. The van der Waals surface area contributed by atoms with E-state index in [1.54, 1.807) is 24.3 Å². The van der Waals surface area contributed by atoms with Crippen LogP contribution in [-0.2, 0) is 11.3 Å². The molecule has 0 fully saturated rings. The number of carbonyl (C=O) groups is 1. The van der Waals surface area contributed by atoms with Crippen molar-refractivity contribution < 1.29 is 18.0 Å². The number of benzene rings is 2. The monoisotopic (exact) mass is 328 g/mol. The van der Waals surface area contributed by atoms with Gasteiger partial charge in [-0.25, -0.2) is 13.2 Å². The van der Waals surface area contributed by atoms with Crippen LogP contribution in [0.1, 0.15) is 5.56 Å². The fourth-order valence-corrected chi connectivity index (χ4v) is 1.83. The normalized spacial score (nSPS) is 10.4. The first-order chi connectivity index (χ1) is 10.5. The highest BCUT2D eigenvalue weighted by Crippen LogP contribution is 2.19. The van der Waals surface area contributed by atoms with Crippen LogP contribution >= 0.6 is 11.6 Å². The van der Waals surface area contributed by atoms with Gasteiger partial charge in [-0.1, -0.05) is 23.7 Å². The molecule has 0 spiro atoms. The van der Waals surface area contributed by atoms with Gasteiger partial charge in [-0.05, 0) is 29.8 Å². The molecule has 22 heavy (non-hydrogen) atoms. The number of hydrogen-bond acceptors (Lipinski definition) is 2. The fraction of sp³-hybridized carbons (Fsp3) is 0.133. The van der Waals surface area contributed by atoms with Crippen LogP contribution in [-0.4, -0.2) is 12.5 Å². The summed E-state index contributed by atoms with van der Waals surface area (Å²) in [5.41, 5.74) is 0.567. The zero-order valence-corrected chi connectivity index (χ0v) is 12.1. The number of halogens is 4. The van der Waals surface area contributed by atoms with E-state index in [9.17, 15) is 18.0 Å². The molecule has 0 aromatic heterocycles. The van der Waals surface area contributed by atoms with E-state index in [0.717, 1.165) is 17.7 Å². The van der Waals surface area contributed by atoms with Gasteiger partial charge in [0, 0.05) is 11.6 Å². The quantitative estimate of drug-likeness (QED) is 0.825. The van der Waals surface area contributed by atoms with E-state index in [4.69, 9.17) is 11.6 Å². The van der Waals surface area contributed by atoms with E-state index in [2.05, 4.69) is 10.6 Å². The summed E-state index contributed by atoms with van der Waals surface area (Å²) in [6.07, 6.45) is 0. The molecule has 0 saturated carbocycles. The third-order valence-corrected chi connectivity index (χ3v) is 3.13. The standard InChI is InChI=1S/C15H12ClF3N2O/c16-10-3-1-9(2-4-10)7-21-13(22)8-20-12-6-5-11(17)14(18)15(12)19/h1-6,20H,7-8H2,(H,21,22). The highest BCUT2D eigenvalue weighted by molar-refractivity contribution is 6.30. The molecule has 0 aliphatic rings. The third-order valence-electron chi connectivity index (χ3n) is 2.88. The summed E-state index contributed by atoms with van der Waals surface area (Å²) in [6.45, 7) is 0.00747. The van der Waals surface area contributed by atoms with Crippen LogP contribution in [0.4, 0.5) is 18.9 Å². The van der Waals surface area contributed by atoms with Crippen molar-refractivity contribution in [3.05, 3.63) is 64.4 Å². The number of rotatable bonds is 5. The van der Waals surface area contributed by atoms with Crippen molar-refractivity contribution in [2.45, 2.75) is 6.54 Å². The van der Waals surface area contributed by atoms with Crippen molar-refractivity contribution in [3.8, 4) is 0 Å². The Morgan fingerprint density at radius 2 is 1.68 bits per heavy atom. The van der Waals surface area contributed by atoms with Crippen LogP contribution < -0.4 is 10.6 Å². The second-order valence-electron chi connectivity index (χ2n) is 4.48. The molecule has 0 saturated heterocycles. The first-order valence-electron chi connectivity index (χ1n) is 6.36. The Morgan fingerprint density at radius 3 is 2.36 bits per heavy atom. The zero-order chi connectivity index (χ0) is 16.1. The van der Waals surface area contributed by atoms with Crippen LogP contribution in [0, 0.1) is 17.5 Å². The predicted octanol–water partition coefficient (Wildman–Crippen LogP) is 3.49. The fourth-order valence-electron chi connectivity index (χ4n) is 1.70. The third kappa shape index (κ3) is 4.14. The Balaban J connectivity index is 1.85. The van der Waals surface area contributed by atoms with Gasteiger partial charge in [0.2, 0.25) is 5.91 Å². The van der Waals surface area contributed by atoms with Crippen molar-refractivity contribution in [3.63, 3.8) is 0 Å². The lowest BCUT2D eigenvalue weighted by Gasteiger charge is -2.09. The summed E-state index contributed by atoms with van der Waals surface area (Å²) < 4.78 is 39.2. The number of anilines is 1. The molecular formula is C15H12ClF3N2O. The molecule has 0 aliphatic heterocycles. The summed E-state index contributed by atoms with van der Waals surface area (Å²) in [5, 5.41) is 5.60. The molecule has 3 nitrogen and oxygen atoms in total. The molecule has 0 heterocycles. The average molecular weight is 329 g/mol. The number of amides is 1. The average Bonchev–Trinajstić information content (AvgIpc) is 2.51. The van der Waals surface area contributed by atoms with Gasteiger partial charge >= 0.3 is 0 Å². The second-order valence-corrected chi connectivity index (χ2v) is 4.92. The first kappa shape index (κ1) is 16.2. The largest absolute Gasteiger partial charge is 0.374 e. The minimum atomic E-state index is -1.58. The van der Waals surface area contributed by atoms with Gasteiger partial charge in [-0.3, -0.25) is 4.79 Å². The summed E-state index contributed by atoms with van der Waals surface area (Å²) >= 11 is 5.74. The van der Waals surface area contributed by atoms with Crippen LogP contribution in [0.3, 0.4) is 0 Å². The summed E-state index contributed by atoms with van der Waals surface area (Å²) in [7, 11) is 0. The molecule has 2 aromatic carbocycles. The Bertz CT molecular complexity index is 677. The molecule has 0 bridgehead atoms. The molecule has 7 heteroatoms. The number of carbonyl (C=O) groups excluding carboxylic acids is 1. The van der Waals surface area contributed by atoms with E-state index in [1.807, 2.05) is 0 Å². The van der Waals surface area contributed by atoms with Crippen molar-refractivity contribution in [1.82, 2.24) is 5.32 Å². The van der Waals surface area contributed by atoms with Gasteiger partial charge in [0.25, 0.3) is 0 Å². The van der Waals surface area contributed by atoms with Crippen LogP contribution in [0.25, 0.3) is 0 Å². The molecular weight excluding hydrogens is 317 g/mol. The van der Waals surface area contributed by atoms with Gasteiger partial charge in [0.05, 0.1) is 12.2 Å². The maximum absolute atomic E-state index is 13.4. The maximum atomic E-state index is 13.4. The molecule has 2 N–H and O–H groups in total. The van der Waals surface area contributed by atoms with Gasteiger partial charge < -0.3 is 10.6 Å². The molecule has 1 amide bonds. The van der Waals surface area contributed by atoms with E-state index in [-0.39, 0.29) is 18.8 Å². The second kappa shape index (κ2) is 7.17. The molecule has 0 radical (unpaired) electrons. The molecule has 2 rings (SSSR count). The van der Waals surface area contributed by atoms with Gasteiger partial charge in [0.15, 0.2) is 17.5 Å². The maximum Gasteiger partial charge on any atom is 0.239 e. The Morgan fingerprint density at radius 1 is 1.00 bits per heavy atom. The summed E-state index contributed by atoms with van der Waals surface area (Å²) in [5.74, 6) is -4.63. The number of nitrogens with one attached hydrogen (secondary N) is 2. The molecule has 0 atom stereocenters. The van der Waals surface area contributed by atoms with Crippen molar-refractivity contribution >= 4 is 23.2 Å². The highest BCUT2D eigenvalue weighted by Gasteiger charge is 2.13. The van der Waals surface area contributed by atoms with Crippen molar-refractivity contribution in [1.29, 1.82) is 0 Å². The highest BCUT2D eigenvalue weighted by atomic mass is 35.5. The minimum absolute atomic E-state index is 0.268. The van der Waals surface area contributed by atoms with E-state index in [0.29, 0.717) is 5.02 Å². The molecule has 0 aliphatic carbocycles. The Hall–Kier alpha value is -2.21. The van der Waals surface area contributed by atoms with Crippen LogP contribution in [0.15, 0.2) is 36.4 Å². The van der Waals surface area contributed by atoms with Crippen LogP contribution in [0.2, 0.25) is 5.02 Å². The van der Waals surface area contributed by atoms with E-state index < -0.39 is 23.4 Å². The summed E-state index contributed by atoms with van der Waals surface area (Å²) in [4.78, 5) is 11.6. The lowest BCUT2D eigenvalue weighted by atomic mass is 10.2. The predicted molar refractivity (Wildman–Crippen MR) is 78.1 cm³/mol. The zero-order valence-electron chi connectivity index (χ0n) is 11.3. The lowest BCUT2D eigenvalue weighted by molar-refractivity contribution is -0.119. The smallest absolute Gasteiger partial charge is 0.239 e. The first-order valence-corrected chi connectivity index (χ1v) is 6.73. The topological polar surface area (TPSA) is 41.1 Å². The molecule has 2 aromatic rings. The SMILES string of the molecule is O=C(CNc1ccc(F)c(F)c1F)NCc1ccc(Cl)cc1. The van der Waals surface area contributed by atoms with Gasteiger partial charge in [-0.2, -0.15) is 0 Å². The lowest BCUT2D eigenvalue weighted by Crippen LogP contribution is -2.29. The minimum Gasteiger partial charge on any atom is -0.374 e. The van der Waals surface area contributed by atoms with E-state index in [1.165, 1.54) is 0 Å². The Labute approximate surface area is 130 Å².